The fraction of sp³-hybridized carbons (Fsp3) is 0.462. The Morgan fingerprint density at radius 1 is 1.31 bits per heavy atom. The summed E-state index contributed by atoms with van der Waals surface area (Å²) < 4.78 is 1.96. The molecule has 16 heavy (non-hydrogen) atoms. The summed E-state index contributed by atoms with van der Waals surface area (Å²) in [5.74, 6) is 1.10. The summed E-state index contributed by atoms with van der Waals surface area (Å²) >= 11 is 0. The van der Waals surface area contributed by atoms with Gasteiger partial charge in [-0.2, -0.15) is 0 Å². The van der Waals surface area contributed by atoms with Crippen molar-refractivity contribution in [2.45, 2.75) is 18.9 Å². The van der Waals surface area contributed by atoms with Crippen LogP contribution in [0.3, 0.4) is 0 Å². The average molecular weight is 216 g/mol. The molecular formula is C13H16N2O. The highest BCUT2D eigenvalue weighted by atomic mass is 16.1. The standard InChI is InChI=1S/C13H16N2O/c1-2-14-7-10-6-11(9-14)12-4-3-5-13(16)15(12)8-10/h2-5,10-11H,1,6-9H2. The van der Waals surface area contributed by atoms with Crippen LogP contribution in [0.4, 0.5) is 0 Å². The molecule has 2 bridgehead atoms. The molecule has 0 aromatic carbocycles. The van der Waals surface area contributed by atoms with Crippen LogP contribution >= 0.6 is 0 Å². The van der Waals surface area contributed by atoms with Gasteiger partial charge in [-0.1, -0.05) is 12.6 Å². The third-order valence-corrected chi connectivity index (χ3v) is 3.77. The summed E-state index contributed by atoms with van der Waals surface area (Å²) in [6.45, 7) is 6.76. The summed E-state index contributed by atoms with van der Waals surface area (Å²) in [5, 5.41) is 0. The van der Waals surface area contributed by atoms with E-state index in [2.05, 4.69) is 17.5 Å². The van der Waals surface area contributed by atoms with Gasteiger partial charge in [-0.05, 0) is 24.6 Å². The molecule has 3 rings (SSSR count). The fourth-order valence-corrected chi connectivity index (χ4v) is 3.08. The van der Waals surface area contributed by atoms with Crippen molar-refractivity contribution in [3.8, 4) is 0 Å². The first-order chi connectivity index (χ1) is 7.78. The maximum absolute atomic E-state index is 11.8. The quantitative estimate of drug-likeness (QED) is 0.709. The smallest absolute Gasteiger partial charge is 0.250 e. The first-order valence-electron chi connectivity index (χ1n) is 5.84. The molecule has 2 atom stereocenters. The number of rotatable bonds is 1. The first-order valence-corrected chi connectivity index (χ1v) is 5.84. The van der Waals surface area contributed by atoms with Gasteiger partial charge in [0.05, 0.1) is 0 Å². The number of pyridine rings is 1. The van der Waals surface area contributed by atoms with E-state index in [-0.39, 0.29) is 5.56 Å². The summed E-state index contributed by atoms with van der Waals surface area (Å²) in [6.07, 6.45) is 3.14. The van der Waals surface area contributed by atoms with Gasteiger partial charge in [0.25, 0.3) is 5.56 Å². The molecule has 2 aliphatic heterocycles. The van der Waals surface area contributed by atoms with Gasteiger partial charge in [0.15, 0.2) is 0 Å². The largest absolute Gasteiger partial charge is 0.377 e. The van der Waals surface area contributed by atoms with E-state index in [4.69, 9.17) is 0 Å². The lowest BCUT2D eigenvalue weighted by Crippen LogP contribution is -2.45. The van der Waals surface area contributed by atoms with Crippen molar-refractivity contribution < 1.29 is 0 Å². The lowest BCUT2D eigenvalue weighted by atomic mass is 9.83. The number of likely N-dealkylation sites (tertiary alicyclic amines) is 1. The molecule has 1 fully saturated rings. The molecule has 1 aromatic rings. The number of hydrogen-bond donors (Lipinski definition) is 0. The highest BCUT2D eigenvalue weighted by Crippen LogP contribution is 2.34. The number of fused-ring (bicyclic) bond motifs is 4. The minimum absolute atomic E-state index is 0.152. The second-order valence-corrected chi connectivity index (χ2v) is 4.83. The minimum atomic E-state index is 0.152. The van der Waals surface area contributed by atoms with Crippen molar-refractivity contribution in [3.63, 3.8) is 0 Å². The molecule has 2 aliphatic rings. The van der Waals surface area contributed by atoms with Crippen LogP contribution in [0, 0.1) is 5.92 Å². The van der Waals surface area contributed by atoms with E-state index in [9.17, 15) is 4.79 Å². The van der Waals surface area contributed by atoms with Crippen molar-refractivity contribution in [1.82, 2.24) is 9.47 Å². The molecule has 3 nitrogen and oxygen atoms in total. The third kappa shape index (κ3) is 1.39. The molecular weight excluding hydrogens is 200 g/mol. The second kappa shape index (κ2) is 3.51. The molecule has 0 aliphatic carbocycles. The van der Waals surface area contributed by atoms with Gasteiger partial charge in [0, 0.05) is 37.3 Å². The Morgan fingerprint density at radius 2 is 2.19 bits per heavy atom. The zero-order valence-corrected chi connectivity index (χ0v) is 9.30. The minimum Gasteiger partial charge on any atom is -0.377 e. The molecule has 0 saturated carbocycles. The highest BCUT2D eigenvalue weighted by Gasteiger charge is 2.33. The normalized spacial score (nSPS) is 27.4. The van der Waals surface area contributed by atoms with Crippen LogP contribution in [0.25, 0.3) is 0 Å². The summed E-state index contributed by atoms with van der Waals surface area (Å²) in [5.41, 5.74) is 1.36. The number of nitrogens with zero attached hydrogens (tertiary/aromatic N) is 2. The average Bonchev–Trinajstić information content (AvgIpc) is 2.30. The van der Waals surface area contributed by atoms with Crippen LogP contribution in [0.5, 0.6) is 0 Å². The Hall–Kier alpha value is -1.51. The van der Waals surface area contributed by atoms with Gasteiger partial charge in [0.2, 0.25) is 0 Å². The molecule has 3 heteroatoms. The zero-order chi connectivity index (χ0) is 11.1. The van der Waals surface area contributed by atoms with Crippen LogP contribution in [0.1, 0.15) is 18.0 Å². The van der Waals surface area contributed by atoms with Gasteiger partial charge in [-0.25, -0.2) is 0 Å². The van der Waals surface area contributed by atoms with E-state index in [1.54, 1.807) is 6.07 Å². The Morgan fingerprint density at radius 3 is 3.00 bits per heavy atom. The maximum Gasteiger partial charge on any atom is 0.250 e. The second-order valence-electron chi connectivity index (χ2n) is 4.83. The van der Waals surface area contributed by atoms with E-state index in [1.165, 1.54) is 12.1 Å². The van der Waals surface area contributed by atoms with Gasteiger partial charge < -0.3 is 9.47 Å². The lowest BCUT2D eigenvalue weighted by molar-refractivity contribution is 0.162. The Kier molecular flexibility index (Phi) is 2.13. The predicted molar refractivity (Wildman–Crippen MR) is 63.3 cm³/mol. The van der Waals surface area contributed by atoms with Crippen LogP contribution in [0.15, 0.2) is 35.8 Å². The Labute approximate surface area is 95.0 Å². The number of hydrogen-bond acceptors (Lipinski definition) is 2. The number of aromatic nitrogens is 1. The van der Waals surface area contributed by atoms with Crippen molar-refractivity contribution in [2.24, 2.45) is 5.92 Å². The van der Waals surface area contributed by atoms with E-state index in [0.717, 1.165) is 19.6 Å². The first kappa shape index (κ1) is 9.70. The van der Waals surface area contributed by atoms with Crippen molar-refractivity contribution in [3.05, 3.63) is 47.0 Å². The molecule has 0 radical (unpaired) electrons. The van der Waals surface area contributed by atoms with Crippen LogP contribution in [0.2, 0.25) is 0 Å². The van der Waals surface area contributed by atoms with Crippen LogP contribution in [-0.2, 0) is 6.54 Å². The van der Waals surface area contributed by atoms with Gasteiger partial charge >= 0.3 is 0 Å². The Bertz CT molecular complexity index is 477. The molecule has 1 saturated heterocycles. The molecule has 3 heterocycles. The summed E-state index contributed by atoms with van der Waals surface area (Å²) in [7, 11) is 0. The van der Waals surface area contributed by atoms with Crippen molar-refractivity contribution >= 4 is 0 Å². The van der Waals surface area contributed by atoms with Crippen LogP contribution in [-0.4, -0.2) is 22.6 Å². The molecule has 1 aromatic heterocycles. The van der Waals surface area contributed by atoms with Crippen molar-refractivity contribution in [1.29, 1.82) is 0 Å². The summed E-state index contributed by atoms with van der Waals surface area (Å²) in [4.78, 5) is 14.1. The molecule has 0 amide bonds. The monoisotopic (exact) mass is 216 g/mol. The molecule has 2 unspecified atom stereocenters. The van der Waals surface area contributed by atoms with E-state index in [1.807, 2.05) is 16.8 Å². The third-order valence-electron chi connectivity index (χ3n) is 3.77. The van der Waals surface area contributed by atoms with E-state index >= 15 is 0 Å². The van der Waals surface area contributed by atoms with Crippen molar-refractivity contribution in [2.75, 3.05) is 13.1 Å². The molecule has 0 spiro atoms. The molecule has 0 N–H and O–H groups in total. The van der Waals surface area contributed by atoms with Crippen LogP contribution < -0.4 is 5.56 Å². The maximum atomic E-state index is 11.8. The topological polar surface area (TPSA) is 25.2 Å². The fourth-order valence-electron chi connectivity index (χ4n) is 3.08. The van der Waals surface area contributed by atoms with E-state index in [0.29, 0.717) is 11.8 Å². The molecule has 84 valence electrons. The van der Waals surface area contributed by atoms with E-state index < -0.39 is 0 Å². The summed E-state index contributed by atoms with van der Waals surface area (Å²) in [6, 6.07) is 5.63. The highest BCUT2D eigenvalue weighted by molar-refractivity contribution is 5.17. The zero-order valence-electron chi connectivity index (χ0n) is 9.30. The Balaban J connectivity index is 2.05. The number of piperidine rings is 1. The van der Waals surface area contributed by atoms with Gasteiger partial charge in [-0.3, -0.25) is 4.79 Å². The lowest BCUT2D eigenvalue weighted by Gasteiger charge is -2.42. The van der Waals surface area contributed by atoms with Gasteiger partial charge in [0.1, 0.15) is 0 Å². The predicted octanol–water partition coefficient (Wildman–Crippen LogP) is 1.41. The SMILES string of the molecule is C=CN1CC2CC(C1)c1cccc(=O)n1C2. The van der Waals surface area contributed by atoms with Gasteiger partial charge in [-0.15, -0.1) is 0 Å².